The highest BCUT2D eigenvalue weighted by Gasteiger charge is 2.34. The normalized spacial score (nSPS) is 15.1. The third-order valence-electron chi connectivity index (χ3n) is 4.67. The number of benzene rings is 2. The molecule has 0 aliphatic carbocycles. The number of hydrogen-bond donors (Lipinski definition) is 1. The molecule has 0 radical (unpaired) electrons. The van der Waals surface area contributed by atoms with E-state index in [0.29, 0.717) is 37.7 Å². The van der Waals surface area contributed by atoms with Gasteiger partial charge < -0.3 is 14.8 Å². The topological polar surface area (TPSA) is 50.8 Å². The zero-order chi connectivity index (χ0) is 21.6. The monoisotopic (exact) mass is 426 g/mol. The Morgan fingerprint density at radius 2 is 1.90 bits per heavy atom. The van der Waals surface area contributed by atoms with E-state index in [1.807, 2.05) is 0 Å². The standard InChI is InChI=1S/C21H22F4N2O3/c22-19-5-4-16(13-18(19)21(23,24)25)20(28)26-14-15-2-1-3-17(12-15)30-11-8-27-6-9-29-10-7-27/h1-5,12-13H,6-11,14H2,(H,26,28). The molecule has 2 aromatic carbocycles. The van der Waals surface area contributed by atoms with Crippen molar-refractivity contribution in [2.45, 2.75) is 12.7 Å². The quantitative estimate of drug-likeness (QED) is 0.689. The van der Waals surface area contributed by atoms with Crippen LogP contribution in [-0.2, 0) is 17.5 Å². The lowest BCUT2D eigenvalue weighted by Crippen LogP contribution is -2.38. The summed E-state index contributed by atoms with van der Waals surface area (Å²) in [5, 5.41) is 2.54. The Bertz CT molecular complexity index is 868. The fraction of sp³-hybridized carbons (Fsp3) is 0.381. The van der Waals surface area contributed by atoms with E-state index in [0.717, 1.165) is 31.3 Å². The Balaban J connectivity index is 1.53. The summed E-state index contributed by atoms with van der Waals surface area (Å²) >= 11 is 0. The fourth-order valence-electron chi connectivity index (χ4n) is 3.03. The van der Waals surface area contributed by atoms with Crippen LogP contribution in [0, 0.1) is 5.82 Å². The van der Waals surface area contributed by atoms with E-state index >= 15 is 0 Å². The molecule has 1 aliphatic rings. The first-order valence-corrected chi connectivity index (χ1v) is 9.50. The molecule has 9 heteroatoms. The molecule has 0 atom stereocenters. The molecule has 1 fully saturated rings. The van der Waals surface area contributed by atoms with Crippen molar-refractivity contribution in [2.24, 2.45) is 0 Å². The van der Waals surface area contributed by atoms with E-state index < -0.39 is 23.5 Å². The van der Waals surface area contributed by atoms with Crippen molar-refractivity contribution in [1.29, 1.82) is 0 Å². The fourth-order valence-corrected chi connectivity index (χ4v) is 3.03. The Kier molecular flexibility index (Phi) is 7.28. The van der Waals surface area contributed by atoms with Crippen molar-refractivity contribution in [1.82, 2.24) is 10.2 Å². The first-order chi connectivity index (χ1) is 14.3. The summed E-state index contributed by atoms with van der Waals surface area (Å²) in [6.07, 6.45) is -4.87. The van der Waals surface area contributed by atoms with Gasteiger partial charge in [0.25, 0.3) is 5.91 Å². The van der Waals surface area contributed by atoms with Crippen molar-refractivity contribution >= 4 is 5.91 Å². The van der Waals surface area contributed by atoms with Crippen LogP contribution >= 0.6 is 0 Å². The van der Waals surface area contributed by atoms with Crippen LogP contribution in [-0.4, -0.2) is 50.3 Å². The van der Waals surface area contributed by atoms with E-state index in [1.54, 1.807) is 24.3 Å². The third kappa shape index (κ3) is 6.17. The predicted molar refractivity (Wildman–Crippen MR) is 102 cm³/mol. The van der Waals surface area contributed by atoms with Crippen molar-refractivity contribution in [3.8, 4) is 5.75 Å². The maximum absolute atomic E-state index is 13.4. The minimum absolute atomic E-state index is 0.0955. The second-order valence-corrected chi connectivity index (χ2v) is 6.82. The molecule has 1 aliphatic heterocycles. The molecular formula is C21H22F4N2O3. The molecule has 1 N–H and O–H groups in total. The van der Waals surface area contributed by atoms with Crippen molar-refractivity contribution in [2.75, 3.05) is 39.5 Å². The summed E-state index contributed by atoms with van der Waals surface area (Å²) < 4.78 is 62.9. The number of nitrogens with zero attached hydrogens (tertiary/aromatic N) is 1. The number of amides is 1. The number of nitrogens with one attached hydrogen (secondary N) is 1. The van der Waals surface area contributed by atoms with Crippen molar-refractivity contribution in [3.63, 3.8) is 0 Å². The first-order valence-electron chi connectivity index (χ1n) is 9.50. The highest BCUT2D eigenvalue weighted by atomic mass is 19.4. The number of alkyl halides is 3. The molecule has 1 amide bonds. The number of morpholine rings is 1. The van der Waals surface area contributed by atoms with Gasteiger partial charge in [0.2, 0.25) is 0 Å². The molecule has 0 spiro atoms. The molecule has 0 bridgehead atoms. The van der Waals surface area contributed by atoms with Gasteiger partial charge in [-0.05, 0) is 35.9 Å². The molecule has 5 nitrogen and oxygen atoms in total. The molecule has 30 heavy (non-hydrogen) atoms. The van der Waals surface area contributed by atoms with Gasteiger partial charge in [-0.2, -0.15) is 13.2 Å². The lowest BCUT2D eigenvalue weighted by Gasteiger charge is -2.26. The van der Waals surface area contributed by atoms with Crippen LogP contribution in [0.4, 0.5) is 17.6 Å². The van der Waals surface area contributed by atoms with Gasteiger partial charge in [-0.25, -0.2) is 4.39 Å². The molecule has 0 aromatic heterocycles. The lowest BCUT2D eigenvalue weighted by molar-refractivity contribution is -0.140. The average molecular weight is 426 g/mol. The second-order valence-electron chi connectivity index (χ2n) is 6.82. The molecular weight excluding hydrogens is 404 g/mol. The molecule has 162 valence electrons. The molecule has 0 saturated carbocycles. The van der Waals surface area contributed by atoms with Crippen LogP contribution in [0.5, 0.6) is 5.75 Å². The van der Waals surface area contributed by atoms with E-state index in [2.05, 4.69) is 10.2 Å². The molecule has 1 saturated heterocycles. The largest absolute Gasteiger partial charge is 0.492 e. The Labute approximate surface area is 171 Å². The van der Waals surface area contributed by atoms with Crippen LogP contribution in [0.3, 0.4) is 0 Å². The molecule has 2 aromatic rings. The van der Waals surface area contributed by atoms with Gasteiger partial charge in [0.1, 0.15) is 18.2 Å². The third-order valence-corrected chi connectivity index (χ3v) is 4.67. The number of ether oxygens (including phenoxy) is 2. The summed E-state index contributed by atoms with van der Waals surface area (Å²) in [6.45, 7) is 4.55. The van der Waals surface area contributed by atoms with E-state index in [9.17, 15) is 22.4 Å². The van der Waals surface area contributed by atoms with Crippen LogP contribution < -0.4 is 10.1 Å². The van der Waals surface area contributed by atoms with Crippen LogP contribution in [0.25, 0.3) is 0 Å². The highest BCUT2D eigenvalue weighted by molar-refractivity contribution is 5.94. The van der Waals surface area contributed by atoms with Gasteiger partial charge >= 0.3 is 6.18 Å². The number of carbonyl (C=O) groups excluding carboxylic acids is 1. The van der Waals surface area contributed by atoms with Gasteiger partial charge in [-0.1, -0.05) is 12.1 Å². The van der Waals surface area contributed by atoms with Gasteiger partial charge in [0.05, 0.1) is 18.8 Å². The summed E-state index contributed by atoms with van der Waals surface area (Å²) in [4.78, 5) is 14.4. The summed E-state index contributed by atoms with van der Waals surface area (Å²) in [6, 6.07) is 9.25. The Morgan fingerprint density at radius 1 is 1.13 bits per heavy atom. The Morgan fingerprint density at radius 3 is 2.63 bits per heavy atom. The SMILES string of the molecule is O=C(NCc1cccc(OCCN2CCOCC2)c1)c1ccc(F)c(C(F)(F)F)c1. The van der Waals surface area contributed by atoms with Gasteiger partial charge in [0, 0.05) is 31.7 Å². The zero-order valence-electron chi connectivity index (χ0n) is 16.2. The average Bonchev–Trinajstić information content (AvgIpc) is 2.72. The molecule has 3 rings (SSSR count). The smallest absolute Gasteiger partial charge is 0.419 e. The number of hydrogen-bond acceptors (Lipinski definition) is 4. The lowest BCUT2D eigenvalue weighted by atomic mass is 10.1. The summed E-state index contributed by atoms with van der Waals surface area (Å²) in [5.41, 5.74) is -1.00. The van der Waals surface area contributed by atoms with E-state index in [4.69, 9.17) is 9.47 Å². The number of carbonyl (C=O) groups is 1. The number of rotatable bonds is 7. The van der Waals surface area contributed by atoms with E-state index in [-0.39, 0.29) is 12.1 Å². The van der Waals surface area contributed by atoms with Gasteiger partial charge in [-0.3, -0.25) is 9.69 Å². The first kappa shape index (κ1) is 22.0. The highest BCUT2D eigenvalue weighted by Crippen LogP contribution is 2.31. The Hall–Kier alpha value is -2.65. The predicted octanol–water partition coefficient (Wildman–Crippen LogP) is 3.49. The second kappa shape index (κ2) is 9.90. The van der Waals surface area contributed by atoms with Gasteiger partial charge in [0.15, 0.2) is 0 Å². The van der Waals surface area contributed by atoms with Crippen molar-refractivity contribution in [3.05, 3.63) is 65.0 Å². The minimum Gasteiger partial charge on any atom is -0.492 e. The summed E-state index contributed by atoms with van der Waals surface area (Å²) in [7, 11) is 0. The molecule has 1 heterocycles. The van der Waals surface area contributed by atoms with Crippen LogP contribution in [0.15, 0.2) is 42.5 Å². The maximum atomic E-state index is 13.4. The van der Waals surface area contributed by atoms with Crippen molar-refractivity contribution < 1.29 is 31.8 Å². The maximum Gasteiger partial charge on any atom is 0.419 e. The van der Waals surface area contributed by atoms with E-state index in [1.165, 1.54) is 0 Å². The van der Waals surface area contributed by atoms with Gasteiger partial charge in [-0.15, -0.1) is 0 Å². The van der Waals surface area contributed by atoms with Crippen LogP contribution in [0.1, 0.15) is 21.5 Å². The van der Waals surface area contributed by atoms with Crippen LogP contribution in [0.2, 0.25) is 0 Å². The minimum atomic E-state index is -4.87. The summed E-state index contributed by atoms with van der Waals surface area (Å²) in [5.74, 6) is -1.50. The number of halogens is 4. The molecule has 0 unspecified atom stereocenters. The zero-order valence-corrected chi connectivity index (χ0v) is 16.2.